The van der Waals surface area contributed by atoms with Crippen molar-refractivity contribution >= 4 is 42.3 Å². The van der Waals surface area contributed by atoms with E-state index in [9.17, 15) is 14.4 Å². The highest BCUT2D eigenvalue weighted by atomic mass is 32.2. The fraction of sp³-hybridized carbons (Fsp3) is 0.727. The minimum Gasteiger partial charge on any atom is -0.480 e. The first-order valence-electron chi connectivity index (χ1n) is 6.10. The Morgan fingerprint density at radius 3 is 2.50 bits per heavy atom. The van der Waals surface area contributed by atoms with Crippen LogP contribution in [0.4, 0.5) is 4.79 Å². The van der Waals surface area contributed by atoms with Gasteiger partial charge in [-0.3, -0.25) is 14.9 Å². The maximum atomic E-state index is 10.9. The number of thiol groups is 1. The number of amides is 3. The molecule has 0 saturated carbocycles. The summed E-state index contributed by atoms with van der Waals surface area (Å²) in [6.07, 6.45) is 3.23. The van der Waals surface area contributed by atoms with Gasteiger partial charge in [0.25, 0.3) is 5.91 Å². The maximum absolute atomic E-state index is 10.9. The van der Waals surface area contributed by atoms with Crippen molar-refractivity contribution in [2.75, 3.05) is 12.0 Å². The quantitative estimate of drug-likeness (QED) is 0.348. The minimum atomic E-state index is -0.913. The van der Waals surface area contributed by atoms with Gasteiger partial charge in [0, 0.05) is 5.25 Å². The lowest BCUT2D eigenvalue weighted by molar-refractivity contribution is -0.138. The number of nitrogens with two attached hydrogens (primary N) is 1. The van der Waals surface area contributed by atoms with E-state index in [2.05, 4.69) is 23.3 Å². The van der Waals surface area contributed by atoms with E-state index < -0.39 is 24.1 Å². The van der Waals surface area contributed by atoms with Gasteiger partial charge in [-0.05, 0) is 24.9 Å². The Morgan fingerprint density at radius 2 is 2.15 bits per heavy atom. The molecule has 0 spiro atoms. The van der Waals surface area contributed by atoms with Crippen molar-refractivity contribution in [3.05, 3.63) is 0 Å². The van der Waals surface area contributed by atoms with Crippen LogP contribution >= 0.6 is 24.4 Å². The molecule has 1 fully saturated rings. The summed E-state index contributed by atoms with van der Waals surface area (Å²) in [4.78, 5) is 31.6. The van der Waals surface area contributed by atoms with Crippen LogP contribution in [0.5, 0.6) is 0 Å². The molecule has 0 aromatic heterocycles. The van der Waals surface area contributed by atoms with Crippen molar-refractivity contribution in [1.29, 1.82) is 0 Å². The second kappa shape index (κ2) is 9.89. The molecule has 0 aromatic rings. The molecule has 1 heterocycles. The van der Waals surface area contributed by atoms with Crippen LogP contribution in [0.25, 0.3) is 0 Å². The Labute approximate surface area is 127 Å². The molecule has 1 saturated heterocycles. The van der Waals surface area contributed by atoms with E-state index in [1.165, 1.54) is 0 Å². The standard InChI is InChI=1S/C6H10N2O2S.C5H11NO2S/c1-2-3(11)4-5(9)8-6(10)7-4;1-9-3-2-4(6)5(7)8/h3-4,11H,2H2,1H3,(H2,7,8,9,10);4H,2-3,6H2,1H3,(H,7,8). The van der Waals surface area contributed by atoms with E-state index >= 15 is 0 Å². The van der Waals surface area contributed by atoms with Crippen molar-refractivity contribution in [2.24, 2.45) is 5.73 Å². The molecule has 3 atom stereocenters. The molecule has 3 amide bonds. The van der Waals surface area contributed by atoms with Gasteiger partial charge in [0.2, 0.25) is 0 Å². The highest BCUT2D eigenvalue weighted by Crippen LogP contribution is 2.09. The highest BCUT2D eigenvalue weighted by molar-refractivity contribution is 7.98. The van der Waals surface area contributed by atoms with Gasteiger partial charge in [-0.25, -0.2) is 4.79 Å². The van der Waals surface area contributed by atoms with Gasteiger partial charge >= 0.3 is 12.0 Å². The molecule has 0 aromatic carbocycles. The fourth-order valence-electron chi connectivity index (χ4n) is 1.31. The van der Waals surface area contributed by atoms with Gasteiger partial charge in [0.05, 0.1) is 0 Å². The number of rotatable bonds is 6. The van der Waals surface area contributed by atoms with Crippen molar-refractivity contribution in [1.82, 2.24) is 10.6 Å². The molecule has 1 rings (SSSR count). The van der Waals surface area contributed by atoms with Crippen LogP contribution < -0.4 is 16.4 Å². The number of carbonyl (C=O) groups excluding carboxylic acids is 2. The molecule has 9 heteroatoms. The summed E-state index contributed by atoms with van der Waals surface area (Å²) in [6.45, 7) is 1.91. The molecule has 1 aliphatic rings. The maximum Gasteiger partial charge on any atom is 0.322 e. The number of urea groups is 1. The van der Waals surface area contributed by atoms with Crippen molar-refractivity contribution in [2.45, 2.75) is 37.1 Å². The average molecular weight is 323 g/mol. The van der Waals surface area contributed by atoms with E-state index in [-0.39, 0.29) is 11.2 Å². The number of carboxylic acids is 1. The Balaban J connectivity index is 0.000000370. The van der Waals surface area contributed by atoms with Gasteiger partial charge in [-0.15, -0.1) is 0 Å². The minimum absolute atomic E-state index is 0.0959. The van der Waals surface area contributed by atoms with E-state index in [0.29, 0.717) is 6.42 Å². The monoisotopic (exact) mass is 323 g/mol. The molecule has 116 valence electrons. The second-order valence-corrected chi connectivity index (χ2v) is 5.79. The lowest BCUT2D eigenvalue weighted by Crippen LogP contribution is -2.37. The summed E-state index contributed by atoms with van der Waals surface area (Å²) in [6, 6.07) is -1.57. The summed E-state index contributed by atoms with van der Waals surface area (Å²) in [5, 5.41) is 12.8. The zero-order chi connectivity index (χ0) is 15.7. The number of nitrogens with one attached hydrogen (secondary N) is 2. The van der Waals surface area contributed by atoms with Crippen molar-refractivity contribution in [3.63, 3.8) is 0 Å². The number of carbonyl (C=O) groups is 3. The number of imide groups is 1. The van der Waals surface area contributed by atoms with Gasteiger partial charge in [-0.1, -0.05) is 6.92 Å². The van der Waals surface area contributed by atoms with Gasteiger partial charge in [-0.2, -0.15) is 24.4 Å². The summed E-state index contributed by atoms with van der Waals surface area (Å²) in [5.41, 5.74) is 5.19. The van der Waals surface area contributed by atoms with Crippen molar-refractivity contribution in [3.8, 4) is 0 Å². The highest BCUT2D eigenvalue weighted by Gasteiger charge is 2.33. The summed E-state index contributed by atoms with van der Waals surface area (Å²) in [7, 11) is 0. The molecular weight excluding hydrogens is 302 g/mol. The van der Waals surface area contributed by atoms with E-state index in [1.54, 1.807) is 11.8 Å². The van der Waals surface area contributed by atoms with Gasteiger partial charge < -0.3 is 16.2 Å². The van der Waals surface area contributed by atoms with Crippen LogP contribution in [-0.2, 0) is 9.59 Å². The Bertz CT molecular complexity index is 355. The largest absolute Gasteiger partial charge is 0.480 e. The molecule has 3 unspecified atom stereocenters. The van der Waals surface area contributed by atoms with Crippen LogP contribution in [0.1, 0.15) is 19.8 Å². The zero-order valence-electron chi connectivity index (χ0n) is 11.5. The smallest absolute Gasteiger partial charge is 0.322 e. The Morgan fingerprint density at radius 1 is 1.55 bits per heavy atom. The molecule has 20 heavy (non-hydrogen) atoms. The van der Waals surface area contributed by atoms with Crippen LogP contribution in [0.3, 0.4) is 0 Å². The first-order valence-corrected chi connectivity index (χ1v) is 8.01. The summed E-state index contributed by atoms with van der Waals surface area (Å²) in [5.74, 6) is -0.381. The first kappa shape index (κ1) is 19.1. The molecule has 0 aliphatic carbocycles. The number of thioether (sulfide) groups is 1. The molecule has 1 aliphatic heterocycles. The lowest BCUT2D eigenvalue weighted by atomic mass is 10.1. The van der Waals surface area contributed by atoms with Gasteiger partial charge in [0.15, 0.2) is 0 Å². The average Bonchev–Trinajstić information content (AvgIpc) is 2.74. The van der Waals surface area contributed by atoms with Crippen LogP contribution in [0.2, 0.25) is 0 Å². The SMILES string of the molecule is CCC(S)C1NC(=O)NC1=O.CSCCC(N)C(=O)O. The normalized spacial score (nSPS) is 20.3. The summed E-state index contributed by atoms with van der Waals surface area (Å²) < 4.78 is 0. The molecule has 7 nitrogen and oxygen atoms in total. The topological polar surface area (TPSA) is 122 Å². The van der Waals surface area contributed by atoms with Crippen LogP contribution in [0, 0.1) is 0 Å². The molecule has 0 bridgehead atoms. The Kier molecular flexibility index (Phi) is 9.43. The lowest BCUT2D eigenvalue weighted by Gasteiger charge is -2.12. The van der Waals surface area contributed by atoms with E-state index in [1.807, 2.05) is 13.2 Å². The first-order chi connectivity index (χ1) is 9.33. The second-order valence-electron chi connectivity index (χ2n) is 4.14. The molecular formula is C11H21N3O4S2. The molecule has 5 N–H and O–H groups in total. The predicted octanol–water partition coefficient (Wildman–Crippen LogP) is 0.0542. The molecule has 0 radical (unpaired) electrons. The third kappa shape index (κ3) is 7.01. The number of hydrogen-bond acceptors (Lipinski definition) is 6. The number of hydrogen-bond donors (Lipinski definition) is 5. The number of carboxylic acid groups (broad SMARTS) is 1. The zero-order valence-corrected chi connectivity index (χ0v) is 13.2. The van der Waals surface area contributed by atoms with E-state index in [0.717, 1.165) is 12.2 Å². The van der Waals surface area contributed by atoms with Gasteiger partial charge in [0.1, 0.15) is 12.1 Å². The van der Waals surface area contributed by atoms with Crippen LogP contribution in [0.15, 0.2) is 0 Å². The van der Waals surface area contributed by atoms with Crippen molar-refractivity contribution < 1.29 is 19.5 Å². The fourth-order valence-corrected chi connectivity index (χ4v) is 2.01. The third-order valence-corrected chi connectivity index (χ3v) is 3.87. The van der Waals surface area contributed by atoms with E-state index in [4.69, 9.17) is 10.8 Å². The Hall–Kier alpha value is -0.930. The number of aliphatic carboxylic acids is 1. The third-order valence-electron chi connectivity index (χ3n) is 2.56. The summed E-state index contributed by atoms with van der Waals surface area (Å²) >= 11 is 5.75. The predicted molar refractivity (Wildman–Crippen MR) is 82.1 cm³/mol. The van der Waals surface area contributed by atoms with Crippen LogP contribution in [-0.4, -0.2) is 52.4 Å².